The first-order valence-corrected chi connectivity index (χ1v) is 10.1. The molecule has 4 N–H and O–H groups in total. The van der Waals surface area contributed by atoms with E-state index in [4.69, 9.17) is 23.1 Å². The number of nitrogens with one attached hydrogen (secondary N) is 1. The molecule has 144 valence electrons. The Hall–Kier alpha value is -0.470. The van der Waals surface area contributed by atoms with Gasteiger partial charge in [-0.1, -0.05) is 0 Å². The maximum Gasteiger partial charge on any atom is 0.397 e. The predicted molar refractivity (Wildman–Crippen MR) is 72.9 cm³/mol. The summed E-state index contributed by atoms with van der Waals surface area (Å²) >= 11 is 0. The molecule has 0 aliphatic carbocycles. The summed E-state index contributed by atoms with van der Waals surface area (Å²) in [5, 5.41) is 0. The van der Waals surface area contributed by atoms with E-state index in [9.17, 15) is 25.3 Å². The van der Waals surface area contributed by atoms with Gasteiger partial charge < -0.3 is 9.47 Å². The van der Waals surface area contributed by atoms with Crippen LogP contribution in [0.15, 0.2) is 0 Å². The zero-order chi connectivity index (χ0) is 18.8. The molecular formula is C7H15NO13S3. The van der Waals surface area contributed by atoms with Crippen LogP contribution in [0.25, 0.3) is 0 Å². The maximum absolute atomic E-state index is 10.9. The molecule has 0 aromatic carbocycles. The van der Waals surface area contributed by atoms with Gasteiger partial charge in [-0.3, -0.25) is 13.7 Å². The normalized spacial score (nSPS) is 29.5. The van der Waals surface area contributed by atoms with Crippen molar-refractivity contribution in [3.8, 4) is 0 Å². The van der Waals surface area contributed by atoms with Gasteiger partial charge in [-0.05, 0) is 0 Å². The fourth-order valence-corrected chi connectivity index (χ4v) is 3.41. The minimum atomic E-state index is -5.08. The van der Waals surface area contributed by atoms with Crippen molar-refractivity contribution < 1.29 is 56.8 Å². The third kappa shape index (κ3) is 7.61. The lowest BCUT2D eigenvalue weighted by atomic mass is 9.99. The monoisotopic (exact) mass is 417 g/mol. The van der Waals surface area contributed by atoms with Crippen LogP contribution in [-0.2, 0) is 48.9 Å². The Morgan fingerprint density at radius 3 is 2.04 bits per heavy atom. The zero-order valence-electron chi connectivity index (χ0n) is 11.9. The van der Waals surface area contributed by atoms with Crippen LogP contribution in [0, 0.1) is 0 Å². The van der Waals surface area contributed by atoms with Gasteiger partial charge in [0.05, 0.1) is 19.3 Å². The lowest BCUT2D eigenvalue weighted by Gasteiger charge is -2.40. The minimum absolute atomic E-state index is 0.612. The number of methoxy groups -OCH3 is 1. The molecule has 4 atom stereocenters. The van der Waals surface area contributed by atoms with Gasteiger partial charge in [0, 0.05) is 7.11 Å². The predicted octanol–water partition coefficient (Wildman–Crippen LogP) is -2.83. The molecule has 0 aromatic heterocycles. The second kappa shape index (κ2) is 7.83. The summed E-state index contributed by atoms with van der Waals surface area (Å²) in [5.74, 6) is 0. The third-order valence-electron chi connectivity index (χ3n) is 2.76. The average Bonchev–Trinajstić information content (AvgIpc) is 2.34. The molecular weight excluding hydrogens is 402 g/mol. The largest absolute Gasteiger partial charge is 0.397 e. The van der Waals surface area contributed by atoms with Gasteiger partial charge >= 0.3 is 31.1 Å². The first kappa shape index (κ1) is 21.6. The lowest BCUT2D eigenvalue weighted by molar-refractivity contribution is -0.161. The van der Waals surface area contributed by atoms with Crippen LogP contribution < -0.4 is 4.72 Å². The molecule has 0 bridgehead atoms. The van der Waals surface area contributed by atoms with E-state index in [0.717, 1.165) is 7.11 Å². The van der Waals surface area contributed by atoms with Gasteiger partial charge in [0.25, 0.3) is 0 Å². The Morgan fingerprint density at radius 1 is 1.04 bits per heavy atom. The summed E-state index contributed by atoms with van der Waals surface area (Å²) in [6.45, 7) is -1.44. The summed E-state index contributed by atoms with van der Waals surface area (Å²) in [4.78, 5) is 0. The first-order chi connectivity index (χ1) is 10.7. The third-order valence-corrected chi connectivity index (χ3v) is 4.26. The van der Waals surface area contributed by atoms with Crippen molar-refractivity contribution in [3.05, 3.63) is 0 Å². The molecule has 17 heteroatoms. The van der Waals surface area contributed by atoms with E-state index in [-0.39, 0.29) is 0 Å². The number of ether oxygens (including phenoxy) is 2. The van der Waals surface area contributed by atoms with Gasteiger partial charge in [0.15, 0.2) is 0 Å². The molecule has 1 saturated heterocycles. The van der Waals surface area contributed by atoms with E-state index in [1.807, 2.05) is 0 Å². The fourth-order valence-electron chi connectivity index (χ4n) is 1.99. The van der Waals surface area contributed by atoms with Crippen LogP contribution in [0.2, 0.25) is 0 Å². The highest BCUT2D eigenvalue weighted by Crippen LogP contribution is 2.23. The molecule has 1 aliphatic heterocycles. The molecule has 1 heterocycles. The smallest absolute Gasteiger partial charge is 0.376 e. The second-order valence-corrected chi connectivity index (χ2v) is 7.80. The Balaban J connectivity index is 3.05. The van der Waals surface area contributed by atoms with E-state index < -0.39 is 68.7 Å². The molecule has 1 aliphatic rings. The van der Waals surface area contributed by atoms with Gasteiger partial charge in [-0.15, -0.1) is 0 Å². The number of hydrogen-bond acceptors (Lipinski definition) is 10. The van der Waals surface area contributed by atoms with Crippen molar-refractivity contribution in [1.82, 2.24) is 4.72 Å². The van der Waals surface area contributed by atoms with Gasteiger partial charge in [0.2, 0.25) is 0 Å². The molecule has 1 fully saturated rings. The second-order valence-electron chi connectivity index (χ2n) is 4.47. The quantitative estimate of drug-likeness (QED) is 0.293. The Morgan fingerprint density at radius 2 is 1.62 bits per heavy atom. The first-order valence-electron chi connectivity index (χ1n) is 5.88. The van der Waals surface area contributed by atoms with Crippen molar-refractivity contribution in [2.24, 2.45) is 0 Å². The van der Waals surface area contributed by atoms with Crippen LogP contribution in [0.5, 0.6) is 0 Å². The van der Waals surface area contributed by atoms with E-state index in [2.05, 4.69) is 8.37 Å². The van der Waals surface area contributed by atoms with E-state index in [0.29, 0.717) is 0 Å². The summed E-state index contributed by atoms with van der Waals surface area (Å²) in [6.07, 6.45) is -4.56. The van der Waals surface area contributed by atoms with Crippen molar-refractivity contribution in [2.45, 2.75) is 24.4 Å². The fraction of sp³-hybridized carbons (Fsp3) is 1.00. The van der Waals surface area contributed by atoms with Crippen LogP contribution in [0.1, 0.15) is 0 Å². The van der Waals surface area contributed by atoms with E-state index >= 15 is 0 Å². The highest BCUT2D eigenvalue weighted by molar-refractivity contribution is 7.83. The highest BCUT2D eigenvalue weighted by Gasteiger charge is 2.45. The molecule has 24 heavy (non-hydrogen) atoms. The van der Waals surface area contributed by atoms with Gasteiger partial charge in [-0.25, -0.2) is 8.37 Å². The molecule has 0 spiro atoms. The van der Waals surface area contributed by atoms with Crippen molar-refractivity contribution >= 4 is 31.1 Å². The minimum Gasteiger partial charge on any atom is -0.376 e. The van der Waals surface area contributed by atoms with Crippen LogP contribution in [-0.4, -0.2) is 83.6 Å². The molecule has 0 aromatic rings. The Bertz CT molecular complexity index is 728. The molecule has 1 rings (SSSR count). The van der Waals surface area contributed by atoms with E-state index in [1.54, 1.807) is 4.72 Å². The van der Waals surface area contributed by atoms with E-state index in [1.165, 1.54) is 0 Å². The standard InChI is InChI=1S/C7H15NO13S3/c1-18-7-5(3-20-23(12,13)14)19-2-4(8-22(9,10)11)6(7)21-24(15,16)17/h4-8H,2-3H2,1H3,(H,9,10,11)(H,12,13,14)(H,15,16,17). The lowest BCUT2D eigenvalue weighted by Crippen LogP contribution is -2.61. The molecule has 0 saturated carbocycles. The molecule has 4 unspecified atom stereocenters. The van der Waals surface area contributed by atoms with Crippen molar-refractivity contribution in [1.29, 1.82) is 0 Å². The average molecular weight is 417 g/mol. The van der Waals surface area contributed by atoms with Crippen molar-refractivity contribution in [2.75, 3.05) is 20.3 Å². The summed E-state index contributed by atoms with van der Waals surface area (Å²) < 4.78 is 111. The zero-order valence-corrected chi connectivity index (χ0v) is 14.3. The number of hydrogen-bond donors (Lipinski definition) is 4. The topological polar surface area (TPSA) is 212 Å². The Labute approximate surface area is 137 Å². The molecule has 14 nitrogen and oxygen atoms in total. The summed E-state index contributed by atoms with van der Waals surface area (Å²) in [5.41, 5.74) is 0. The molecule has 0 amide bonds. The highest BCUT2D eigenvalue weighted by atomic mass is 32.3. The van der Waals surface area contributed by atoms with Crippen LogP contribution in [0.3, 0.4) is 0 Å². The van der Waals surface area contributed by atoms with Crippen LogP contribution in [0.4, 0.5) is 0 Å². The van der Waals surface area contributed by atoms with Crippen molar-refractivity contribution in [3.63, 3.8) is 0 Å². The Kier molecular flexibility index (Phi) is 7.03. The van der Waals surface area contributed by atoms with Gasteiger partial charge in [-0.2, -0.15) is 30.0 Å². The number of rotatable bonds is 8. The maximum atomic E-state index is 10.9. The van der Waals surface area contributed by atoms with Gasteiger partial charge in [0.1, 0.15) is 18.3 Å². The summed E-state index contributed by atoms with van der Waals surface area (Å²) in [7, 11) is -13.7. The molecule has 0 radical (unpaired) electrons. The van der Waals surface area contributed by atoms with Crippen LogP contribution >= 0.6 is 0 Å². The SMILES string of the molecule is COC1C(COS(=O)(=O)O)OCC(NS(=O)(=O)O)C1OS(=O)(=O)O. The summed E-state index contributed by atoms with van der Waals surface area (Å²) in [6, 6.07) is -1.52.